The smallest absolute Gasteiger partial charge is 0.326 e. The zero-order valence-corrected chi connectivity index (χ0v) is 12.8. The summed E-state index contributed by atoms with van der Waals surface area (Å²) in [7, 11) is 0. The van der Waals surface area contributed by atoms with Gasteiger partial charge in [0.25, 0.3) is 0 Å². The first-order valence-corrected chi connectivity index (χ1v) is 8.27. The molecule has 0 aromatic heterocycles. The molecule has 1 N–H and O–H groups in total. The molecule has 0 bridgehead atoms. The molecule has 106 valence electrons. The van der Waals surface area contributed by atoms with Crippen LogP contribution in [0.1, 0.15) is 52.9 Å². The summed E-state index contributed by atoms with van der Waals surface area (Å²) in [6.45, 7) is 7.56. The summed E-state index contributed by atoms with van der Waals surface area (Å²) in [5.41, 5.74) is -0.420. The lowest BCUT2D eigenvalue weighted by atomic mass is 9.81. The standard InChI is InChI=1S/C14H27NO2S/c1-4-10-15-14(13(16)17-5-2)9-7-8-12(11-14)18-6-3/h12,15H,4-11H2,1-3H3. The van der Waals surface area contributed by atoms with Crippen LogP contribution >= 0.6 is 11.8 Å². The number of carbonyl (C=O) groups excluding carboxylic acids is 1. The van der Waals surface area contributed by atoms with Gasteiger partial charge in [0.15, 0.2) is 0 Å². The van der Waals surface area contributed by atoms with Crippen LogP contribution in [-0.4, -0.2) is 35.7 Å². The first-order valence-electron chi connectivity index (χ1n) is 7.22. The fourth-order valence-electron chi connectivity index (χ4n) is 2.65. The van der Waals surface area contributed by atoms with Gasteiger partial charge in [-0.3, -0.25) is 4.79 Å². The molecule has 1 saturated carbocycles. The van der Waals surface area contributed by atoms with Gasteiger partial charge in [0.1, 0.15) is 5.54 Å². The third kappa shape index (κ3) is 4.16. The fourth-order valence-corrected chi connectivity index (χ4v) is 3.86. The van der Waals surface area contributed by atoms with Crippen LogP contribution in [0.15, 0.2) is 0 Å². The lowest BCUT2D eigenvalue weighted by molar-refractivity contribution is -0.152. The molecule has 1 fully saturated rings. The molecular weight excluding hydrogens is 246 g/mol. The number of rotatable bonds is 7. The lowest BCUT2D eigenvalue weighted by Crippen LogP contribution is -2.56. The number of carbonyl (C=O) groups is 1. The Kier molecular flexibility index (Phi) is 7.08. The molecule has 0 saturated heterocycles. The number of nitrogens with one attached hydrogen (secondary N) is 1. The molecule has 18 heavy (non-hydrogen) atoms. The monoisotopic (exact) mass is 273 g/mol. The Hall–Kier alpha value is -0.220. The number of hydrogen-bond acceptors (Lipinski definition) is 4. The summed E-state index contributed by atoms with van der Waals surface area (Å²) in [4.78, 5) is 12.3. The minimum absolute atomic E-state index is 0.0418. The molecule has 2 unspecified atom stereocenters. The van der Waals surface area contributed by atoms with E-state index in [1.54, 1.807) is 0 Å². The Balaban J connectivity index is 2.72. The maximum Gasteiger partial charge on any atom is 0.326 e. The highest BCUT2D eigenvalue weighted by Gasteiger charge is 2.43. The van der Waals surface area contributed by atoms with Gasteiger partial charge < -0.3 is 10.1 Å². The number of ether oxygens (including phenoxy) is 1. The van der Waals surface area contributed by atoms with Crippen molar-refractivity contribution in [1.82, 2.24) is 5.32 Å². The van der Waals surface area contributed by atoms with Gasteiger partial charge in [-0.2, -0.15) is 11.8 Å². The van der Waals surface area contributed by atoms with Crippen molar-refractivity contribution in [2.24, 2.45) is 0 Å². The van der Waals surface area contributed by atoms with E-state index in [9.17, 15) is 4.79 Å². The first-order chi connectivity index (χ1) is 8.68. The largest absolute Gasteiger partial charge is 0.465 e. The van der Waals surface area contributed by atoms with Gasteiger partial charge in [0.05, 0.1) is 6.61 Å². The van der Waals surface area contributed by atoms with Gasteiger partial charge >= 0.3 is 5.97 Å². The van der Waals surface area contributed by atoms with E-state index in [2.05, 4.69) is 19.2 Å². The van der Waals surface area contributed by atoms with Crippen molar-refractivity contribution in [3.8, 4) is 0 Å². The fraction of sp³-hybridized carbons (Fsp3) is 0.929. The topological polar surface area (TPSA) is 38.3 Å². The Morgan fingerprint density at radius 1 is 1.44 bits per heavy atom. The van der Waals surface area contributed by atoms with Gasteiger partial charge in [-0.05, 0) is 51.3 Å². The zero-order valence-electron chi connectivity index (χ0n) is 12.0. The van der Waals surface area contributed by atoms with Crippen LogP contribution in [0.2, 0.25) is 0 Å². The molecule has 3 nitrogen and oxygen atoms in total. The third-order valence-electron chi connectivity index (χ3n) is 3.49. The van der Waals surface area contributed by atoms with Gasteiger partial charge in [-0.1, -0.05) is 13.8 Å². The SMILES string of the molecule is CCCNC1(C(=O)OCC)CCCC(SCC)C1. The number of hydrogen-bond donors (Lipinski definition) is 1. The van der Waals surface area contributed by atoms with Crippen molar-refractivity contribution in [2.75, 3.05) is 18.9 Å². The predicted octanol–water partition coefficient (Wildman–Crippen LogP) is 2.98. The molecule has 0 amide bonds. The highest BCUT2D eigenvalue weighted by molar-refractivity contribution is 7.99. The van der Waals surface area contributed by atoms with Crippen molar-refractivity contribution in [1.29, 1.82) is 0 Å². The van der Waals surface area contributed by atoms with Crippen molar-refractivity contribution in [3.63, 3.8) is 0 Å². The molecule has 0 heterocycles. The van der Waals surface area contributed by atoms with Gasteiger partial charge in [-0.15, -0.1) is 0 Å². The maximum absolute atomic E-state index is 12.3. The summed E-state index contributed by atoms with van der Waals surface area (Å²) in [6, 6.07) is 0. The van der Waals surface area contributed by atoms with Crippen LogP contribution in [-0.2, 0) is 9.53 Å². The Bertz CT molecular complexity index is 258. The summed E-state index contributed by atoms with van der Waals surface area (Å²) in [5.74, 6) is 1.08. The molecule has 0 aromatic carbocycles. The average molecular weight is 273 g/mol. The normalized spacial score (nSPS) is 28.1. The molecule has 0 radical (unpaired) electrons. The molecule has 0 spiro atoms. The summed E-state index contributed by atoms with van der Waals surface area (Å²) < 4.78 is 5.30. The predicted molar refractivity (Wildman–Crippen MR) is 78.0 cm³/mol. The molecule has 2 atom stereocenters. The van der Waals surface area contributed by atoms with Crippen molar-refractivity contribution >= 4 is 17.7 Å². The van der Waals surface area contributed by atoms with Gasteiger partial charge in [0.2, 0.25) is 0 Å². The van der Waals surface area contributed by atoms with Crippen LogP contribution in [0, 0.1) is 0 Å². The molecule has 1 rings (SSSR count). The molecule has 0 aromatic rings. The highest BCUT2D eigenvalue weighted by atomic mass is 32.2. The quantitative estimate of drug-likeness (QED) is 0.724. The second kappa shape index (κ2) is 8.05. The van der Waals surface area contributed by atoms with E-state index in [4.69, 9.17) is 4.74 Å². The van der Waals surface area contributed by atoms with Crippen LogP contribution < -0.4 is 5.32 Å². The molecular formula is C14H27NO2S. The van der Waals surface area contributed by atoms with E-state index in [1.807, 2.05) is 18.7 Å². The van der Waals surface area contributed by atoms with Crippen LogP contribution in [0.5, 0.6) is 0 Å². The maximum atomic E-state index is 12.3. The van der Waals surface area contributed by atoms with E-state index in [0.717, 1.165) is 38.0 Å². The van der Waals surface area contributed by atoms with E-state index >= 15 is 0 Å². The molecule has 4 heteroatoms. The van der Waals surface area contributed by atoms with Crippen molar-refractivity contribution < 1.29 is 9.53 Å². The molecule has 0 aliphatic heterocycles. The van der Waals surface area contributed by atoms with E-state index < -0.39 is 5.54 Å². The number of thioether (sulfide) groups is 1. The zero-order chi connectivity index (χ0) is 13.4. The van der Waals surface area contributed by atoms with E-state index in [0.29, 0.717) is 11.9 Å². The Labute approximate surface area is 115 Å². The molecule has 1 aliphatic rings. The summed E-state index contributed by atoms with van der Waals surface area (Å²) in [6.07, 6.45) is 5.24. The third-order valence-corrected chi connectivity index (χ3v) is 4.69. The highest BCUT2D eigenvalue weighted by Crippen LogP contribution is 2.35. The Morgan fingerprint density at radius 3 is 2.83 bits per heavy atom. The minimum atomic E-state index is -0.420. The van der Waals surface area contributed by atoms with Crippen molar-refractivity contribution in [3.05, 3.63) is 0 Å². The summed E-state index contributed by atoms with van der Waals surface area (Å²) >= 11 is 1.98. The van der Waals surface area contributed by atoms with Crippen LogP contribution in [0.3, 0.4) is 0 Å². The van der Waals surface area contributed by atoms with Crippen LogP contribution in [0.25, 0.3) is 0 Å². The Morgan fingerprint density at radius 2 is 2.22 bits per heavy atom. The molecule has 1 aliphatic carbocycles. The first kappa shape index (κ1) is 15.8. The van der Waals surface area contributed by atoms with E-state index in [-0.39, 0.29) is 5.97 Å². The summed E-state index contributed by atoms with van der Waals surface area (Å²) in [5, 5.41) is 4.06. The minimum Gasteiger partial charge on any atom is -0.465 e. The average Bonchev–Trinajstić information content (AvgIpc) is 2.37. The van der Waals surface area contributed by atoms with Crippen LogP contribution in [0.4, 0.5) is 0 Å². The second-order valence-corrected chi connectivity index (χ2v) is 6.48. The van der Waals surface area contributed by atoms with E-state index in [1.165, 1.54) is 6.42 Å². The second-order valence-electron chi connectivity index (χ2n) is 4.90. The van der Waals surface area contributed by atoms with Gasteiger partial charge in [-0.25, -0.2) is 0 Å². The van der Waals surface area contributed by atoms with Crippen molar-refractivity contribution in [2.45, 2.75) is 63.7 Å². The lowest BCUT2D eigenvalue weighted by Gasteiger charge is -2.39. The van der Waals surface area contributed by atoms with Gasteiger partial charge in [0, 0.05) is 5.25 Å². The number of esters is 1.